The second kappa shape index (κ2) is 4.85. The molecular weight excluding hydrogens is 246 g/mol. The number of hydrogen-bond acceptors (Lipinski definition) is 4. The number of hydrogen-bond donors (Lipinski definition) is 1. The molecule has 0 aromatic carbocycles. The molecule has 1 fully saturated rings. The lowest BCUT2D eigenvalue weighted by molar-refractivity contribution is 0.00578. The largest absolute Gasteiger partial charge is 0.495 e. The van der Waals surface area contributed by atoms with Crippen LogP contribution >= 0.6 is 0 Å². The lowest BCUT2D eigenvalue weighted by atomic mass is 9.76. The predicted molar refractivity (Wildman–Crippen MR) is 72.7 cm³/mol. The lowest BCUT2D eigenvalue weighted by Crippen LogP contribution is -2.41. The Hall–Kier alpha value is -0.975. The second-order valence-electron chi connectivity index (χ2n) is 5.80. The van der Waals surface area contributed by atoms with Gasteiger partial charge in [0.15, 0.2) is 0 Å². The van der Waals surface area contributed by atoms with E-state index in [0.717, 1.165) is 0 Å². The first kappa shape index (κ1) is 14.4. The molecule has 2 N–H and O–H groups in total. The van der Waals surface area contributed by atoms with Crippen molar-refractivity contribution in [1.82, 2.24) is 4.98 Å². The molecule has 1 aromatic heterocycles. The summed E-state index contributed by atoms with van der Waals surface area (Å²) in [7, 11) is -0.580. The van der Waals surface area contributed by atoms with Crippen LogP contribution in [0.3, 0.4) is 0 Å². The van der Waals surface area contributed by atoms with Gasteiger partial charge in [-0.15, -0.1) is 0 Å². The third-order valence-electron chi connectivity index (χ3n) is 3.94. The summed E-state index contributed by atoms with van der Waals surface area (Å²) < 4.78 is 25.7. The third-order valence-corrected chi connectivity index (χ3v) is 3.94. The average Bonchev–Trinajstić information content (AvgIpc) is 2.51. The molecule has 4 nitrogen and oxygen atoms in total. The Morgan fingerprint density at radius 2 is 1.84 bits per heavy atom. The van der Waals surface area contributed by atoms with Crippen LogP contribution < -0.4 is 11.2 Å². The molecule has 1 aliphatic heterocycles. The van der Waals surface area contributed by atoms with E-state index in [2.05, 4.69) is 4.98 Å². The van der Waals surface area contributed by atoms with Crippen molar-refractivity contribution in [3.05, 3.63) is 23.8 Å². The summed E-state index contributed by atoms with van der Waals surface area (Å²) in [6.45, 7) is 8.22. The van der Waals surface area contributed by atoms with Crippen LogP contribution in [-0.2, 0) is 15.7 Å². The van der Waals surface area contributed by atoms with Gasteiger partial charge < -0.3 is 15.0 Å². The molecule has 0 radical (unpaired) electrons. The van der Waals surface area contributed by atoms with E-state index in [9.17, 15) is 4.39 Å². The number of aromatic nitrogens is 1. The van der Waals surface area contributed by atoms with E-state index in [1.807, 2.05) is 27.7 Å². The van der Waals surface area contributed by atoms with Gasteiger partial charge in [0, 0.05) is 11.8 Å². The molecule has 6 heteroatoms. The summed E-state index contributed by atoms with van der Waals surface area (Å²) in [5.74, 6) is -0.502. The highest BCUT2D eigenvalue weighted by Gasteiger charge is 2.52. The minimum Gasteiger partial charge on any atom is -0.399 e. The third kappa shape index (κ3) is 2.52. The molecule has 0 aliphatic carbocycles. The van der Waals surface area contributed by atoms with Gasteiger partial charge in [-0.25, -0.2) is 4.98 Å². The van der Waals surface area contributed by atoms with Crippen molar-refractivity contribution < 1.29 is 13.7 Å². The molecule has 1 saturated heterocycles. The van der Waals surface area contributed by atoms with Crippen molar-refractivity contribution in [3.63, 3.8) is 0 Å². The van der Waals surface area contributed by atoms with Crippen LogP contribution in [-0.4, -0.2) is 29.8 Å². The first-order valence-corrected chi connectivity index (χ1v) is 6.47. The van der Waals surface area contributed by atoms with Gasteiger partial charge >= 0.3 is 7.12 Å². The average molecular weight is 266 g/mol. The van der Waals surface area contributed by atoms with E-state index in [-0.39, 0.29) is 0 Å². The molecule has 1 aromatic rings. The molecule has 2 rings (SSSR count). The van der Waals surface area contributed by atoms with Gasteiger partial charge in [-0.05, 0) is 52.2 Å². The van der Waals surface area contributed by atoms with E-state index in [1.54, 1.807) is 6.07 Å². The van der Waals surface area contributed by atoms with Crippen molar-refractivity contribution in [2.45, 2.75) is 45.3 Å². The minimum atomic E-state index is -0.580. The molecular formula is C13H20BFN2O2. The van der Waals surface area contributed by atoms with Crippen LogP contribution in [0.4, 0.5) is 4.39 Å². The summed E-state index contributed by atoms with van der Waals surface area (Å²) in [5, 5.41) is 0. The van der Waals surface area contributed by atoms with Crippen LogP contribution in [0.5, 0.6) is 0 Å². The van der Waals surface area contributed by atoms with Gasteiger partial charge in [-0.3, -0.25) is 0 Å². The molecule has 0 spiro atoms. The van der Waals surface area contributed by atoms with Crippen molar-refractivity contribution in [2.75, 3.05) is 6.54 Å². The Bertz CT molecular complexity index is 464. The maximum atomic E-state index is 13.8. The quantitative estimate of drug-likeness (QED) is 0.655. The van der Waals surface area contributed by atoms with Crippen LogP contribution in [0.25, 0.3) is 0 Å². The first-order chi connectivity index (χ1) is 8.78. The molecule has 1 aliphatic rings. The van der Waals surface area contributed by atoms with Crippen molar-refractivity contribution in [3.8, 4) is 0 Å². The molecule has 0 saturated carbocycles. The Morgan fingerprint density at radius 3 is 2.37 bits per heavy atom. The summed E-state index contributed by atoms with van der Waals surface area (Å²) in [6, 6.07) is 1.73. The Kier molecular flexibility index (Phi) is 3.68. The van der Waals surface area contributed by atoms with Crippen molar-refractivity contribution in [2.24, 2.45) is 5.73 Å². The van der Waals surface area contributed by atoms with Gasteiger partial charge in [-0.1, -0.05) is 0 Å². The number of nitrogens with zero attached hydrogens (tertiary/aromatic N) is 1. The first-order valence-electron chi connectivity index (χ1n) is 6.47. The fraction of sp³-hybridized carbons (Fsp3) is 0.615. The van der Waals surface area contributed by atoms with Crippen LogP contribution in [0, 0.1) is 5.95 Å². The van der Waals surface area contributed by atoms with E-state index in [1.165, 1.54) is 6.20 Å². The second-order valence-corrected chi connectivity index (χ2v) is 5.80. The highest BCUT2D eigenvalue weighted by molar-refractivity contribution is 6.62. The standard InChI is InChI=1S/C13H20BFN2O2/c1-12(2)13(3,4)19-14(18-12)10-6-8-17-11(15)9(10)5-7-16/h6,8H,5,7,16H2,1-4H3. The SMILES string of the molecule is CC1(C)OB(c2ccnc(F)c2CCN)OC1(C)C. The molecule has 0 unspecified atom stereocenters. The van der Waals surface area contributed by atoms with Crippen molar-refractivity contribution in [1.29, 1.82) is 0 Å². The number of nitrogens with two attached hydrogens (primary N) is 1. The zero-order valence-electron chi connectivity index (χ0n) is 11.9. The Morgan fingerprint density at radius 1 is 1.26 bits per heavy atom. The fourth-order valence-corrected chi connectivity index (χ4v) is 2.06. The fourth-order valence-electron chi connectivity index (χ4n) is 2.06. The van der Waals surface area contributed by atoms with Gasteiger partial charge in [0.1, 0.15) is 0 Å². The van der Waals surface area contributed by atoms with E-state index >= 15 is 0 Å². The summed E-state index contributed by atoms with van der Waals surface area (Å²) in [5.41, 5.74) is 5.79. The predicted octanol–water partition coefficient (Wildman–Crippen LogP) is 1.02. The molecule has 19 heavy (non-hydrogen) atoms. The lowest BCUT2D eigenvalue weighted by Gasteiger charge is -2.32. The maximum Gasteiger partial charge on any atom is 0.495 e. The monoisotopic (exact) mass is 266 g/mol. The summed E-state index contributed by atoms with van der Waals surface area (Å²) >= 11 is 0. The minimum absolute atomic E-state index is 0.356. The van der Waals surface area contributed by atoms with E-state index < -0.39 is 24.3 Å². The van der Waals surface area contributed by atoms with Crippen molar-refractivity contribution >= 4 is 12.6 Å². The smallest absolute Gasteiger partial charge is 0.399 e. The summed E-state index contributed by atoms with van der Waals surface area (Å²) in [6.07, 6.45) is 1.84. The highest BCUT2D eigenvalue weighted by Crippen LogP contribution is 2.36. The summed E-state index contributed by atoms with van der Waals surface area (Å²) in [4.78, 5) is 3.67. The number of pyridine rings is 1. The Balaban J connectivity index is 2.37. The van der Waals surface area contributed by atoms with Gasteiger partial charge in [0.05, 0.1) is 11.2 Å². The van der Waals surface area contributed by atoms with Gasteiger partial charge in [-0.2, -0.15) is 4.39 Å². The number of rotatable bonds is 3. The normalized spacial score (nSPS) is 20.8. The van der Waals surface area contributed by atoms with Gasteiger partial charge in [0.25, 0.3) is 0 Å². The van der Waals surface area contributed by atoms with E-state index in [4.69, 9.17) is 15.0 Å². The maximum absolute atomic E-state index is 13.8. The number of halogens is 1. The topological polar surface area (TPSA) is 57.4 Å². The zero-order chi connectivity index (χ0) is 14.3. The molecule has 2 heterocycles. The Labute approximate surface area is 113 Å². The van der Waals surface area contributed by atoms with E-state index in [0.29, 0.717) is 24.0 Å². The van der Waals surface area contributed by atoms with Crippen LogP contribution in [0.1, 0.15) is 33.3 Å². The molecule has 0 atom stereocenters. The zero-order valence-corrected chi connectivity index (χ0v) is 11.9. The molecule has 0 bridgehead atoms. The van der Waals surface area contributed by atoms with Crippen LogP contribution in [0.15, 0.2) is 12.3 Å². The molecule has 0 amide bonds. The molecule has 104 valence electrons. The highest BCUT2D eigenvalue weighted by atomic mass is 19.1. The van der Waals surface area contributed by atoms with Gasteiger partial charge in [0.2, 0.25) is 5.95 Å². The van der Waals surface area contributed by atoms with Crippen LogP contribution in [0.2, 0.25) is 0 Å².